The molecule has 1 aliphatic rings. The molecule has 9 heteroatoms. The number of ether oxygens (including phenoxy) is 1. The van der Waals surface area contributed by atoms with E-state index in [1.165, 1.54) is 18.3 Å². The molecule has 1 N–H and O–H groups in total. The molecule has 1 aromatic rings. The lowest BCUT2D eigenvalue weighted by molar-refractivity contribution is -0.148. The van der Waals surface area contributed by atoms with Crippen LogP contribution >= 0.6 is 0 Å². The molecule has 0 spiro atoms. The number of rotatable bonds is 8. The minimum Gasteiger partial charge on any atom is -0.471 e. The van der Waals surface area contributed by atoms with Gasteiger partial charge in [-0.2, -0.15) is 8.78 Å². The fourth-order valence-corrected chi connectivity index (χ4v) is 2.70. The highest BCUT2D eigenvalue weighted by Gasteiger charge is 2.41. The second-order valence-electron chi connectivity index (χ2n) is 6.28. The zero-order chi connectivity index (χ0) is 19.2. The third-order valence-corrected chi connectivity index (χ3v) is 4.30. The topological polar surface area (TPSA) is 54.5 Å². The molecule has 0 radical (unpaired) electrons. The molecule has 0 aromatic carbocycles. The van der Waals surface area contributed by atoms with Crippen LogP contribution in [0.4, 0.5) is 17.6 Å². The summed E-state index contributed by atoms with van der Waals surface area (Å²) in [5.41, 5.74) is 0.308. The largest absolute Gasteiger partial charge is 0.471 e. The smallest absolute Gasteiger partial charge is 0.340 e. The summed E-state index contributed by atoms with van der Waals surface area (Å²) in [7, 11) is 0. The Labute approximate surface area is 149 Å². The second kappa shape index (κ2) is 9.16. The van der Waals surface area contributed by atoms with Crippen molar-refractivity contribution < 1.29 is 27.1 Å². The molecule has 0 atom stereocenters. The predicted molar refractivity (Wildman–Crippen MR) is 87.9 cm³/mol. The van der Waals surface area contributed by atoms with Crippen molar-refractivity contribution in [1.82, 2.24) is 15.2 Å². The molecular weight excluding hydrogens is 354 g/mol. The van der Waals surface area contributed by atoms with E-state index < -0.39 is 19.0 Å². The number of pyridine rings is 1. The Morgan fingerprint density at radius 1 is 1.38 bits per heavy atom. The van der Waals surface area contributed by atoms with Crippen molar-refractivity contribution in [3.8, 4) is 5.88 Å². The van der Waals surface area contributed by atoms with Crippen molar-refractivity contribution in [2.45, 2.75) is 32.1 Å². The molecule has 0 bridgehead atoms. The molecule has 0 aliphatic carbocycles. The fourth-order valence-electron chi connectivity index (χ4n) is 2.70. The second-order valence-corrected chi connectivity index (χ2v) is 6.28. The number of hydrogen-bond acceptors (Lipinski definition) is 4. The van der Waals surface area contributed by atoms with Crippen molar-refractivity contribution in [1.29, 1.82) is 0 Å². The van der Waals surface area contributed by atoms with Crippen LogP contribution in [0.1, 0.15) is 30.1 Å². The third-order valence-electron chi connectivity index (χ3n) is 4.30. The van der Waals surface area contributed by atoms with Gasteiger partial charge in [0, 0.05) is 25.4 Å². The lowest BCUT2D eigenvalue weighted by Crippen LogP contribution is -2.40. The Morgan fingerprint density at radius 3 is 2.62 bits per heavy atom. The van der Waals surface area contributed by atoms with E-state index in [0.29, 0.717) is 24.6 Å². The normalized spacial score (nSPS) is 16.2. The van der Waals surface area contributed by atoms with E-state index in [1.54, 1.807) is 4.90 Å². The molecule has 146 valence electrons. The highest BCUT2D eigenvalue weighted by atomic mass is 19.3. The van der Waals surface area contributed by atoms with Gasteiger partial charge in [-0.3, -0.25) is 4.79 Å². The molecule has 1 aliphatic heterocycles. The number of hydrogen-bond donors (Lipinski definition) is 1. The SMILES string of the molecule is CCNCC1CCN(C(=O)c2ccc(OCC(F)(F)C(F)F)nc2)CC1. The van der Waals surface area contributed by atoms with Crippen LogP contribution in [0, 0.1) is 5.92 Å². The van der Waals surface area contributed by atoms with Gasteiger partial charge in [0.2, 0.25) is 5.88 Å². The Kier molecular flexibility index (Phi) is 7.19. The predicted octanol–water partition coefficient (Wildman–Crippen LogP) is 2.82. The van der Waals surface area contributed by atoms with Crippen LogP contribution < -0.4 is 10.1 Å². The summed E-state index contributed by atoms with van der Waals surface area (Å²) in [6.45, 7) is 3.73. The first-order valence-corrected chi connectivity index (χ1v) is 8.58. The van der Waals surface area contributed by atoms with Gasteiger partial charge in [-0.05, 0) is 37.9 Å². The number of carbonyl (C=O) groups excluding carboxylic acids is 1. The van der Waals surface area contributed by atoms with Crippen molar-refractivity contribution in [2.24, 2.45) is 5.92 Å². The van der Waals surface area contributed by atoms with E-state index in [-0.39, 0.29) is 11.8 Å². The first-order valence-electron chi connectivity index (χ1n) is 8.58. The zero-order valence-corrected chi connectivity index (χ0v) is 14.6. The van der Waals surface area contributed by atoms with E-state index >= 15 is 0 Å². The number of halogens is 4. The molecule has 0 saturated carbocycles. The first kappa shape index (κ1) is 20.4. The van der Waals surface area contributed by atoms with Gasteiger partial charge >= 0.3 is 12.3 Å². The number of likely N-dealkylation sites (tertiary alicyclic amines) is 1. The van der Waals surface area contributed by atoms with E-state index in [4.69, 9.17) is 0 Å². The van der Waals surface area contributed by atoms with E-state index in [9.17, 15) is 22.4 Å². The molecule has 1 amide bonds. The molecule has 2 heterocycles. The average Bonchev–Trinajstić information content (AvgIpc) is 2.65. The molecule has 5 nitrogen and oxygen atoms in total. The van der Waals surface area contributed by atoms with Gasteiger partial charge in [-0.25, -0.2) is 13.8 Å². The summed E-state index contributed by atoms with van der Waals surface area (Å²) in [5.74, 6) is -4.12. The minimum absolute atomic E-state index is 0.191. The maximum absolute atomic E-state index is 12.8. The highest BCUT2D eigenvalue weighted by Crippen LogP contribution is 2.24. The summed E-state index contributed by atoms with van der Waals surface area (Å²) in [6.07, 6.45) is -0.770. The van der Waals surface area contributed by atoms with E-state index in [2.05, 4.69) is 15.0 Å². The van der Waals surface area contributed by atoms with Gasteiger partial charge in [0.05, 0.1) is 5.56 Å². The summed E-state index contributed by atoms with van der Waals surface area (Å²) < 4.78 is 54.4. The summed E-state index contributed by atoms with van der Waals surface area (Å²) in [6, 6.07) is 2.63. The Bertz CT molecular complexity index is 576. The van der Waals surface area contributed by atoms with Crippen LogP contribution in [0.15, 0.2) is 18.3 Å². The highest BCUT2D eigenvalue weighted by molar-refractivity contribution is 5.94. The van der Waals surface area contributed by atoms with Gasteiger partial charge in [0.25, 0.3) is 5.91 Å². The van der Waals surface area contributed by atoms with Crippen LogP contribution in [0.3, 0.4) is 0 Å². The van der Waals surface area contributed by atoms with Crippen LogP contribution in [-0.4, -0.2) is 60.9 Å². The number of piperidine rings is 1. The molecule has 1 aromatic heterocycles. The molecule has 1 fully saturated rings. The van der Waals surface area contributed by atoms with E-state index in [1.807, 2.05) is 6.92 Å². The molecule has 0 unspecified atom stereocenters. The maximum Gasteiger partial charge on any atom is 0.340 e. The van der Waals surface area contributed by atoms with Gasteiger partial charge in [0.15, 0.2) is 6.61 Å². The standard InChI is InChI=1S/C17H23F4N3O2/c1-2-22-9-12-5-7-24(8-6-12)15(25)13-3-4-14(23-10-13)26-11-17(20,21)16(18)19/h3-4,10,12,16,22H,2,5-9,11H2,1H3. The van der Waals surface area contributed by atoms with E-state index in [0.717, 1.165) is 25.9 Å². The van der Waals surface area contributed by atoms with Crippen molar-refractivity contribution >= 4 is 5.91 Å². The lowest BCUT2D eigenvalue weighted by Gasteiger charge is -2.32. The van der Waals surface area contributed by atoms with Crippen LogP contribution in [0.2, 0.25) is 0 Å². The number of amides is 1. The van der Waals surface area contributed by atoms with Crippen LogP contribution in [0.25, 0.3) is 0 Å². The summed E-state index contributed by atoms with van der Waals surface area (Å²) in [4.78, 5) is 17.9. The molecule has 1 saturated heterocycles. The van der Waals surface area contributed by atoms with Crippen LogP contribution in [-0.2, 0) is 0 Å². The van der Waals surface area contributed by atoms with Gasteiger partial charge in [0.1, 0.15) is 0 Å². The monoisotopic (exact) mass is 377 g/mol. The summed E-state index contributed by atoms with van der Waals surface area (Å²) >= 11 is 0. The minimum atomic E-state index is -4.24. The fraction of sp³-hybridized carbons (Fsp3) is 0.647. The van der Waals surface area contributed by atoms with Crippen molar-refractivity contribution in [2.75, 3.05) is 32.8 Å². The van der Waals surface area contributed by atoms with Crippen molar-refractivity contribution in [3.63, 3.8) is 0 Å². The van der Waals surface area contributed by atoms with Gasteiger partial charge < -0.3 is 15.0 Å². The first-order chi connectivity index (χ1) is 12.3. The number of nitrogens with zero attached hydrogens (tertiary/aromatic N) is 2. The maximum atomic E-state index is 12.8. The third kappa shape index (κ3) is 5.55. The van der Waals surface area contributed by atoms with Crippen LogP contribution in [0.5, 0.6) is 5.88 Å². The quantitative estimate of drug-likeness (QED) is 0.708. The van der Waals surface area contributed by atoms with Gasteiger partial charge in [-0.15, -0.1) is 0 Å². The number of aromatic nitrogens is 1. The Hall–Kier alpha value is -1.90. The zero-order valence-electron chi connectivity index (χ0n) is 14.6. The average molecular weight is 377 g/mol. The molecular formula is C17H23F4N3O2. The van der Waals surface area contributed by atoms with Gasteiger partial charge in [-0.1, -0.05) is 6.92 Å². The summed E-state index contributed by atoms with van der Waals surface area (Å²) in [5, 5.41) is 3.30. The lowest BCUT2D eigenvalue weighted by atomic mass is 9.96. The molecule has 26 heavy (non-hydrogen) atoms. The van der Waals surface area contributed by atoms with Crippen molar-refractivity contribution in [3.05, 3.63) is 23.9 Å². The number of nitrogens with one attached hydrogen (secondary N) is 1. The number of alkyl halides is 4. The Morgan fingerprint density at radius 2 is 2.08 bits per heavy atom. The Balaban J connectivity index is 1.85. The molecule has 2 rings (SSSR count). The number of carbonyl (C=O) groups is 1.